The summed E-state index contributed by atoms with van der Waals surface area (Å²) < 4.78 is 5.98. The molecule has 0 amide bonds. The second kappa shape index (κ2) is 4.79. The third kappa shape index (κ3) is 2.34. The quantitative estimate of drug-likeness (QED) is 0.771. The van der Waals surface area contributed by atoms with Crippen LogP contribution in [0.5, 0.6) is 0 Å². The normalized spacial score (nSPS) is 41.3. The Hall–Kier alpha value is -0.0800. The van der Waals surface area contributed by atoms with Crippen LogP contribution in [0, 0.1) is 17.3 Å². The van der Waals surface area contributed by atoms with Gasteiger partial charge in [0.1, 0.15) is 0 Å². The van der Waals surface area contributed by atoms with Crippen LogP contribution in [-0.4, -0.2) is 25.3 Å². The largest absolute Gasteiger partial charge is 0.376 e. The highest BCUT2D eigenvalue weighted by Crippen LogP contribution is 2.52. The Balaban J connectivity index is 1.81. The monoisotopic (exact) mass is 251 g/mol. The maximum Gasteiger partial charge on any atom is 0.0631 e. The van der Waals surface area contributed by atoms with Gasteiger partial charge in [-0.1, -0.05) is 25.7 Å². The first kappa shape index (κ1) is 12.9. The van der Waals surface area contributed by atoms with Gasteiger partial charge >= 0.3 is 0 Å². The smallest absolute Gasteiger partial charge is 0.0631 e. The Labute approximate surface area is 112 Å². The minimum atomic E-state index is 0.104. The van der Waals surface area contributed by atoms with Gasteiger partial charge < -0.3 is 10.1 Å². The second-order valence-electron chi connectivity index (χ2n) is 7.50. The molecule has 2 atom stereocenters. The van der Waals surface area contributed by atoms with Gasteiger partial charge in [-0.3, -0.25) is 0 Å². The average Bonchev–Trinajstić information content (AvgIpc) is 2.81. The molecule has 0 bridgehead atoms. The van der Waals surface area contributed by atoms with E-state index in [0.717, 1.165) is 18.4 Å². The van der Waals surface area contributed by atoms with Gasteiger partial charge in [-0.05, 0) is 63.5 Å². The van der Waals surface area contributed by atoms with E-state index in [1.165, 1.54) is 58.0 Å². The zero-order chi connectivity index (χ0) is 12.6. The van der Waals surface area contributed by atoms with Gasteiger partial charge in [0.25, 0.3) is 0 Å². The molecule has 2 heteroatoms. The molecule has 0 radical (unpaired) electrons. The van der Waals surface area contributed by atoms with Gasteiger partial charge in [0, 0.05) is 6.61 Å². The third-order valence-corrected chi connectivity index (χ3v) is 5.79. The van der Waals surface area contributed by atoms with E-state index < -0.39 is 0 Å². The first-order chi connectivity index (χ1) is 8.61. The van der Waals surface area contributed by atoms with E-state index in [9.17, 15) is 0 Å². The lowest BCUT2D eigenvalue weighted by Gasteiger charge is -2.53. The van der Waals surface area contributed by atoms with Crippen LogP contribution in [0.15, 0.2) is 0 Å². The summed E-state index contributed by atoms with van der Waals surface area (Å²) in [5.41, 5.74) is 0.689. The lowest BCUT2D eigenvalue weighted by Crippen LogP contribution is -2.54. The molecule has 2 unspecified atom stereocenters. The van der Waals surface area contributed by atoms with Crippen molar-refractivity contribution in [2.75, 3.05) is 19.7 Å². The van der Waals surface area contributed by atoms with Crippen molar-refractivity contribution in [3.63, 3.8) is 0 Å². The van der Waals surface area contributed by atoms with Crippen molar-refractivity contribution in [1.82, 2.24) is 5.32 Å². The van der Waals surface area contributed by atoms with Gasteiger partial charge in [0.05, 0.1) is 5.60 Å². The van der Waals surface area contributed by atoms with Crippen LogP contribution in [0.4, 0.5) is 0 Å². The number of hydrogen-bond donors (Lipinski definition) is 1. The molecule has 2 saturated heterocycles. The molecule has 0 aromatic carbocycles. The first-order valence-electron chi connectivity index (χ1n) is 7.96. The van der Waals surface area contributed by atoms with Crippen molar-refractivity contribution in [2.45, 2.75) is 64.4 Å². The molecule has 1 saturated carbocycles. The Morgan fingerprint density at radius 1 is 1.11 bits per heavy atom. The summed E-state index contributed by atoms with van der Waals surface area (Å²) in [4.78, 5) is 0. The molecule has 2 nitrogen and oxygen atoms in total. The van der Waals surface area contributed by atoms with Crippen LogP contribution in [0.25, 0.3) is 0 Å². The first-order valence-corrected chi connectivity index (χ1v) is 7.96. The molecule has 0 aromatic heterocycles. The number of hydrogen-bond acceptors (Lipinski definition) is 2. The summed E-state index contributed by atoms with van der Waals surface area (Å²) >= 11 is 0. The Bertz CT molecular complexity index is 291. The third-order valence-electron chi connectivity index (χ3n) is 5.79. The lowest BCUT2D eigenvalue weighted by molar-refractivity contribution is -0.137. The molecule has 104 valence electrons. The molecule has 2 aliphatic heterocycles. The van der Waals surface area contributed by atoms with Crippen molar-refractivity contribution in [3.05, 3.63) is 0 Å². The minimum absolute atomic E-state index is 0.104. The summed E-state index contributed by atoms with van der Waals surface area (Å²) in [6.45, 7) is 8.06. The number of ether oxygens (including phenoxy) is 1. The molecule has 1 aliphatic carbocycles. The summed E-state index contributed by atoms with van der Waals surface area (Å²) in [6, 6.07) is 0. The SMILES string of the molecule is CC1(C)CC2(CCNCC2C2CCCC2)CCO1. The van der Waals surface area contributed by atoms with Crippen LogP contribution in [0.2, 0.25) is 0 Å². The van der Waals surface area contributed by atoms with E-state index in [2.05, 4.69) is 19.2 Å². The summed E-state index contributed by atoms with van der Waals surface area (Å²) in [5, 5.41) is 3.67. The predicted molar refractivity (Wildman–Crippen MR) is 74.6 cm³/mol. The molecule has 18 heavy (non-hydrogen) atoms. The topological polar surface area (TPSA) is 21.3 Å². The predicted octanol–water partition coefficient (Wildman–Crippen LogP) is 3.36. The fraction of sp³-hybridized carbons (Fsp3) is 1.00. The molecule has 2 heterocycles. The summed E-state index contributed by atoms with van der Waals surface area (Å²) in [5.74, 6) is 1.91. The fourth-order valence-corrected chi connectivity index (χ4v) is 5.07. The van der Waals surface area contributed by atoms with Gasteiger partial charge in [-0.2, -0.15) is 0 Å². The lowest BCUT2D eigenvalue weighted by atomic mass is 9.59. The standard InChI is InChI=1S/C16H29NO/c1-15(2)12-16(8-10-18-15)7-9-17-11-14(16)13-5-3-4-6-13/h13-14,17H,3-12H2,1-2H3. The average molecular weight is 251 g/mol. The van der Waals surface area contributed by atoms with E-state index in [-0.39, 0.29) is 5.60 Å². The maximum absolute atomic E-state index is 5.98. The van der Waals surface area contributed by atoms with E-state index in [1.54, 1.807) is 0 Å². The van der Waals surface area contributed by atoms with Gasteiger partial charge in [0.2, 0.25) is 0 Å². The Morgan fingerprint density at radius 2 is 1.89 bits per heavy atom. The van der Waals surface area contributed by atoms with Crippen molar-refractivity contribution in [1.29, 1.82) is 0 Å². The van der Waals surface area contributed by atoms with E-state index in [4.69, 9.17) is 4.74 Å². The van der Waals surface area contributed by atoms with Gasteiger partial charge in [0.15, 0.2) is 0 Å². The minimum Gasteiger partial charge on any atom is -0.376 e. The van der Waals surface area contributed by atoms with Gasteiger partial charge in [-0.15, -0.1) is 0 Å². The molecular weight excluding hydrogens is 222 g/mol. The van der Waals surface area contributed by atoms with Crippen LogP contribution < -0.4 is 5.32 Å². The van der Waals surface area contributed by atoms with Crippen LogP contribution >= 0.6 is 0 Å². The molecule has 0 aromatic rings. The highest BCUT2D eigenvalue weighted by Gasteiger charge is 2.49. The number of piperidine rings is 1. The highest BCUT2D eigenvalue weighted by atomic mass is 16.5. The number of nitrogens with one attached hydrogen (secondary N) is 1. The van der Waals surface area contributed by atoms with Gasteiger partial charge in [-0.25, -0.2) is 0 Å². The van der Waals surface area contributed by atoms with Crippen LogP contribution in [0.1, 0.15) is 58.8 Å². The molecule has 3 fully saturated rings. The highest BCUT2D eigenvalue weighted by molar-refractivity contribution is 5.00. The second-order valence-corrected chi connectivity index (χ2v) is 7.50. The van der Waals surface area contributed by atoms with Crippen LogP contribution in [-0.2, 0) is 4.74 Å². The van der Waals surface area contributed by atoms with Crippen molar-refractivity contribution >= 4 is 0 Å². The summed E-state index contributed by atoms with van der Waals surface area (Å²) in [6.07, 6.45) is 9.86. The molecule has 1 spiro atoms. The fourth-order valence-electron chi connectivity index (χ4n) is 5.07. The molecule has 3 rings (SSSR count). The van der Waals surface area contributed by atoms with Crippen molar-refractivity contribution in [3.8, 4) is 0 Å². The Morgan fingerprint density at radius 3 is 2.61 bits per heavy atom. The number of rotatable bonds is 1. The van der Waals surface area contributed by atoms with Crippen molar-refractivity contribution in [2.24, 2.45) is 17.3 Å². The zero-order valence-electron chi connectivity index (χ0n) is 12.1. The van der Waals surface area contributed by atoms with E-state index >= 15 is 0 Å². The zero-order valence-corrected chi connectivity index (χ0v) is 12.1. The van der Waals surface area contributed by atoms with E-state index in [0.29, 0.717) is 5.41 Å². The van der Waals surface area contributed by atoms with Crippen LogP contribution in [0.3, 0.4) is 0 Å². The molecule has 1 N–H and O–H groups in total. The Kier molecular flexibility index (Phi) is 3.44. The summed E-state index contributed by atoms with van der Waals surface area (Å²) in [7, 11) is 0. The molecular formula is C16H29NO. The van der Waals surface area contributed by atoms with Crippen molar-refractivity contribution < 1.29 is 4.74 Å². The van der Waals surface area contributed by atoms with E-state index in [1.807, 2.05) is 0 Å². The molecule has 3 aliphatic rings. The maximum atomic E-state index is 5.98.